The maximum absolute atomic E-state index is 13.8. The van der Waals surface area contributed by atoms with E-state index < -0.39 is 10.0 Å². The van der Waals surface area contributed by atoms with Gasteiger partial charge in [0.15, 0.2) is 0 Å². The lowest BCUT2D eigenvalue weighted by Gasteiger charge is -2.33. The molecule has 0 fully saturated rings. The van der Waals surface area contributed by atoms with E-state index in [1.165, 1.54) is 5.57 Å². The summed E-state index contributed by atoms with van der Waals surface area (Å²) in [7, 11) is -3.67. The van der Waals surface area contributed by atoms with Gasteiger partial charge in [-0.2, -0.15) is 0 Å². The molecule has 1 atom stereocenters. The Morgan fingerprint density at radius 3 is 2.67 bits per heavy atom. The molecule has 0 amide bonds. The fourth-order valence-corrected chi connectivity index (χ4v) is 6.35. The molecular formula is C27H37ClN2O2S. The summed E-state index contributed by atoms with van der Waals surface area (Å²) in [5.74, 6) is 0. The van der Waals surface area contributed by atoms with Crippen LogP contribution in [-0.4, -0.2) is 26.9 Å². The van der Waals surface area contributed by atoms with E-state index in [4.69, 9.17) is 11.6 Å². The van der Waals surface area contributed by atoms with E-state index in [1.807, 2.05) is 44.2 Å². The second-order valence-corrected chi connectivity index (χ2v) is 11.3. The molecule has 1 unspecified atom stereocenters. The van der Waals surface area contributed by atoms with E-state index in [0.717, 1.165) is 66.6 Å². The first-order chi connectivity index (χ1) is 15.8. The van der Waals surface area contributed by atoms with Crippen LogP contribution in [0.1, 0.15) is 62.6 Å². The lowest BCUT2D eigenvalue weighted by atomic mass is 9.98. The summed E-state index contributed by atoms with van der Waals surface area (Å²) in [6.07, 6.45) is 8.17. The highest BCUT2D eigenvalue weighted by Crippen LogP contribution is 2.37. The van der Waals surface area contributed by atoms with Crippen LogP contribution in [0.4, 0.5) is 11.4 Å². The zero-order chi connectivity index (χ0) is 24.0. The third-order valence-electron chi connectivity index (χ3n) is 6.33. The molecule has 180 valence electrons. The second-order valence-electron chi connectivity index (χ2n) is 8.93. The summed E-state index contributed by atoms with van der Waals surface area (Å²) in [4.78, 5) is 0.402. The minimum atomic E-state index is -3.67. The topological polar surface area (TPSA) is 49.4 Å². The van der Waals surface area contributed by atoms with E-state index in [-0.39, 0.29) is 5.38 Å². The van der Waals surface area contributed by atoms with Crippen LogP contribution in [0.25, 0.3) is 0 Å². The maximum Gasteiger partial charge on any atom is 0.264 e. The number of hydrogen-bond donors (Lipinski definition) is 1. The minimum absolute atomic E-state index is 0.0573. The smallest absolute Gasteiger partial charge is 0.264 e. The fourth-order valence-electron chi connectivity index (χ4n) is 4.35. The molecule has 0 aliphatic carbocycles. The van der Waals surface area contributed by atoms with Gasteiger partial charge in [0, 0.05) is 6.54 Å². The molecule has 0 saturated carbocycles. The van der Waals surface area contributed by atoms with Gasteiger partial charge in [-0.3, -0.25) is 4.31 Å². The average molecular weight is 489 g/mol. The number of sulfonamides is 1. The number of benzene rings is 2. The van der Waals surface area contributed by atoms with Crippen LogP contribution in [-0.2, 0) is 16.4 Å². The number of unbranched alkanes of at least 4 members (excludes halogenated alkanes) is 1. The van der Waals surface area contributed by atoms with Crippen LogP contribution in [0.2, 0.25) is 0 Å². The number of hydrogen-bond acceptors (Lipinski definition) is 3. The van der Waals surface area contributed by atoms with E-state index >= 15 is 0 Å². The van der Waals surface area contributed by atoms with Crippen LogP contribution in [0.5, 0.6) is 0 Å². The third-order valence-corrected chi connectivity index (χ3v) is 8.71. The molecule has 0 bridgehead atoms. The third kappa shape index (κ3) is 6.13. The van der Waals surface area contributed by atoms with Gasteiger partial charge in [0.1, 0.15) is 0 Å². The SMILES string of the molecule is CCCC/C(=C/C(Cl)CC)CCc1ccc(C)c(S(=O)(=O)N2CCNc3cccc(C)c32)c1. The molecular weight excluding hydrogens is 452 g/mol. The van der Waals surface area contributed by atoms with Crippen LogP contribution in [0.15, 0.2) is 52.9 Å². The van der Waals surface area contributed by atoms with E-state index in [2.05, 4.69) is 31.3 Å². The first kappa shape index (κ1) is 25.6. The normalized spacial score (nSPS) is 15.2. The Balaban J connectivity index is 1.88. The quantitative estimate of drug-likeness (QED) is 0.289. The van der Waals surface area contributed by atoms with E-state index in [0.29, 0.717) is 18.0 Å². The highest BCUT2D eigenvalue weighted by molar-refractivity contribution is 7.93. The summed E-state index contributed by atoms with van der Waals surface area (Å²) in [5.41, 5.74) is 5.77. The highest BCUT2D eigenvalue weighted by Gasteiger charge is 2.31. The van der Waals surface area contributed by atoms with Crippen molar-refractivity contribution in [2.75, 3.05) is 22.7 Å². The number of alkyl halides is 1. The van der Waals surface area contributed by atoms with Gasteiger partial charge in [-0.1, -0.05) is 56.2 Å². The zero-order valence-corrected chi connectivity index (χ0v) is 21.9. The van der Waals surface area contributed by atoms with Crippen LogP contribution >= 0.6 is 11.6 Å². The van der Waals surface area contributed by atoms with Crippen molar-refractivity contribution in [1.82, 2.24) is 0 Å². The molecule has 0 spiro atoms. The Kier molecular flexibility index (Phi) is 8.88. The number of nitrogens with one attached hydrogen (secondary N) is 1. The summed E-state index contributed by atoms with van der Waals surface area (Å²) < 4.78 is 29.2. The predicted octanol–water partition coefficient (Wildman–Crippen LogP) is 6.99. The molecule has 1 N–H and O–H groups in total. The van der Waals surface area contributed by atoms with Crippen molar-refractivity contribution in [2.45, 2.75) is 76.5 Å². The molecule has 4 nitrogen and oxygen atoms in total. The number of fused-ring (bicyclic) bond motifs is 1. The maximum atomic E-state index is 13.8. The van der Waals surface area contributed by atoms with Crippen molar-refractivity contribution in [3.8, 4) is 0 Å². The van der Waals surface area contributed by atoms with Crippen LogP contribution < -0.4 is 9.62 Å². The van der Waals surface area contributed by atoms with Gasteiger partial charge in [0.2, 0.25) is 0 Å². The molecule has 1 aliphatic heterocycles. The number of allylic oxidation sites excluding steroid dienone is 2. The molecule has 1 heterocycles. The average Bonchev–Trinajstić information content (AvgIpc) is 2.81. The lowest BCUT2D eigenvalue weighted by Crippen LogP contribution is -2.39. The van der Waals surface area contributed by atoms with Crippen LogP contribution in [0, 0.1) is 13.8 Å². The number of nitrogens with zero attached hydrogens (tertiary/aromatic N) is 1. The Labute approximate surface area is 205 Å². The Bertz CT molecular complexity index is 1100. The summed E-state index contributed by atoms with van der Waals surface area (Å²) in [6, 6.07) is 11.7. The van der Waals surface area contributed by atoms with Gasteiger partial charge in [-0.25, -0.2) is 8.42 Å². The van der Waals surface area contributed by atoms with Crippen molar-refractivity contribution in [2.24, 2.45) is 0 Å². The number of anilines is 2. The van der Waals surface area contributed by atoms with Gasteiger partial charge >= 0.3 is 0 Å². The van der Waals surface area contributed by atoms with Crippen LogP contribution in [0.3, 0.4) is 0 Å². The molecule has 3 rings (SSSR count). The minimum Gasteiger partial charge on any atom is -0.382 e. The fraction of sp³-hybridized carbons (Fsp3) is 0.481. The van der Waals surface area contributed by atoms with E-state index in [1.54, 1.807) is 4.31 Å². The highest BCUT2D eigenvalue weighted by atomic mass is 35.5. The van der Waals surface area contributed by atoms with Gasteiger partial charge in [0.25, 0.3) is 10.0 Å². The molecule has 33 heavy (non-hydrogen) atoms. The molecule has 6 heteroatoms. The van der Waals surface area contributed by atoms with Gasteiger partial charge in [0.05, 0.1) is 28.2 Å². The standard InChI is InChI=1S/C27H37ClN2O2S/c1-5-7-10-22(18-24(28)6-2)14-15-23-13-12-20(3)26(19-23)33(31,32)30-17-16-29-25-11-8-9-21(4)27(25)30/h8-9,11-13,18-19,24,29H,5-7,10,14-17H2,1-4H3/b22-18-. The number of rotatable bonds is 10. The summed E-state index contributed by atoms with van der Waals surface area (Å²) >= 11 is 6.40. The van der Waals surface area contributed by atoms with Crippen molar-refractivity contribution < 1.29 is 8.42 Å². The Morgan fingerprint density at radius 1 is 1.15 bits per heavy atom. The number of halogens is 1. The molecule has 2 aromatic rings. The van der Waals surface area contributed by atoms with Crippen molar-refractivity contribution in [1.29, 1.82) is 0 Å². The molecule has 0 radical (unpaired) electrons. The predicted molar refractivity (Wildman–Crippen MR) is 141 cm³/mol. The zero-order valence-electron chi connectivity index (χ0n) is 20.3. The summed E-state index contributed by atoms with van der Waals surface area (Å²) in [5, 5.41) is 3.39. The van der Waals surface area contributed by atoms with Crippen molar-refractivity contribution >= 4 is 33.0 Å². The van der Waals surface area contributed by atoms with Crippen molar-refractivity contribution in [3.63, 3.8) is 0 Å². The van der Waals surface area contributed by atoms with Crippen molar-refractivity contribution in [3.05, 3.63) is 64.7 Å². The molecule has 2 aromatic carbocycles. The van der Waals surface area contributed by atoms with Gasteiger partial charge in [-0.05, 0) is 74.8 Å². The first-order valence-electron chi connectivity index (χ1n) is 12.1. The van der Waals surface area contributed by atoms with E-state index in [9.17, 15) is 8.42 Å². The second kappa shape index (κ2) is 11.4. The largest absolute Gasteiger partial charge is 0.382 e. The number of para-hydroxylation sites is 1. The monoisotopic (exact) mass is 488 g/mol. The number of aryl methyl sites for hydroxylation is 3. The van der Waals surface area contributed by atoms with Gasteiger partial charge < -0.3 is 5.32 Å². The summed E-state index contributed by atoms with van der Waals surface area (Å²) in [6.45, 7) is 9.14. The first-order valence-corrected chi connectivity index (χ1v) is 13.9. The molecule has 0 saturated heterocycles. The molecule has 0 aromatic heterocycles. The van der Waals surface area contributed by atoms with Gasteiger partial charge in [-0.15, -0.1) is 11.6 Å². The molecule has 1 aliphatic rings. The Hall–Kier alpha value is -1.98. The Morgan fingerprint density at radius 2 is 1.94 bits per heavy atom. The lowest BCUT2D eigenvalue weighted by molar-refractivity contribution is 0.589.